The fraction of sp³-hybridized carbons (Fsp3) is 0.176. The van der Waals surface area contributed by atoms with Gasteiger partial charge in [0.05, 0.1) is 11.4 Å². The number of rotatable bonds is 5. The largest absolute Gasteiger partial charge is 0.311 e. The lowest BCUT2D eigenvalue weighted by atomic mass is 9.36. The first kappa shape index (κ1) is 44.5. The van der Waals surface area contributed by atoms with Crippen LogP contribution in [-0.4, -0.2) is 6.71 Å². The normalized spacial score (nSPS) is 13.4. The molecule has 0 bridgehead atoms. The maximum atomic E-state index is 2.64. The Bertz CT molecular complexity index is 3960. The Morgan fingerprint density at radius 2 is 1.04 bits per heavy atom. The number of aryl methyl sites for hydroxylation is 1. The summed E-state index contributed by atoms with van der Waals surface area (Å²) >= 11 is 1.98. The first-order chi connectivity index (χ1) is 34.7. The van der Waals surface area contributed by atoms with Crippen LogP contribution in [0.4, 0.5) is 34.1 Å². The Morgan fingerprint density at radius 1 is 0.444 bits per heavy atom. The van der Waals surface area contributed by atoms with Gasteiger partial charge in [-0.25, -0.2) is 0 Å². The molecule has 72 heavy (non-hydrogen) atoms. The SMILES string of the molecule is Cc1cc2c(cc1-c1ccccc1)N(c1ccc(C(C)(C)C)cc1-c1ccc3c4ccccc4c4ccccc4c3c1)c1cccc3c1B2c1sc2ccc(C(C)(C)C)cc2c1N3c1ccc(C(C)C)cc1. The first-order valence-corrected chi connectivity index (χ1v) is 26.6. The molecular formula is C68H59BN2S. The lowest BCUT2D eigenvalue weighted by Crippen LogP contribution is -2.60. The minimum atomic E-state index is -0.0719. The predicted molar refractivity (Wildman–Crippen MR) is 315 cm³/mol. The number of thiophene rings is 1. The summed E-state index contributed by atoms with van der Waals surface area (Å²) < 4.78 is 2.72. The van der Waals surface area contributed by atoms with E-state index in [0.29, 0.717) is 5.92 Å². The third-order valence-corrected chi connectivity index (χ3v) is 17.1. The number of hydrogen-bond acceptors (Lipinski definition) is 3. The molecule has 0 aliphatic carbocycles. The second-order valence-electron chi connectivity index (χ2n) is 22.8. The van der Waals surface area contributed by atoms with Gasteiger partial charge >= 0.3 is 0 Å². The van der Waals surface area contributed by atoms with E-state index in [2.05, 4.69) is 260 Å². The highest BCUT2D eigenvalue weighted by molar-refractivity contribution is 7.33. The molecule has 0 spiro atoms. The van der Waals surface area contributed by atoms with Gasteiger partial charge in [0.2, 0.25) is 0 Å². The van der Waals surface area contributed by atoms with E-state index in [1.165, 1.54) is 137 Å². The third kappa shape index (κ3) is 6.90. The Kier molecular flexibility index (Phi) is 10.1. The molecule has 0 atom stereocenters. The van der Waals surface area contributed by atoms with Crippen LogP contribution < -0.4 is 25.5 Å². The molecule has 13 rings (SSSR count). The van der Waals surface area contributed by atoms with Gasteiger partial charge in [0.1, 0.15) is 0 Å². The van der Waals surface area contributed by atoms with E-state index in [1.54, 1.807) is 0 Å². The highest BCUT2D eigenvalue weighted by Crippen LogP contribution is 2.51. The highest BCUT2D eigenvalue weighted by atomic mass is 32.1. The van der Waals surface area contributed by atoms with Crippen molar-refractivity contribution in [2.45, 2.75) is 79.1 Å². The fourth-order valence-electron chi connectivity index (χ4n) is 12.0. The number of benzene rings is 10. The molecule has 0 amide bonds. The quantitative estimate of drug-likeness (QED) is 0.125. The van der Waals surface area contributed by atoms with Gasteiger partial charge in [0.25, 0.3) is 6.71 Å². The van der Waals surface area contributed by atoms with Gasteiger partial charge in [-0.1, -0.05) is 183 Å². The zero-order valence-corrected chi connectivity index (χ0v) is 43.7. The number of fused-ring (bicyclic) bond motifs is 12. The molecule has 10 aromatic carbocycles. The van der Waals surface area contributed by atoms with E-state index in [-0.39, 0.29) is 17.5 Å². The summed E-state index contributed by atoms with van der Waals surface area (Å²) in [6.45, 7) is 20.9. The summed E-state index contributed by atoms with van der Waals surface area (Å²) in [4.78, 5) is 5.24. The molecule has 1 aromatic heterocycles. The van der Waals surface area contributed by atoms with Gasteiger partial charge < -0.3 is 9.80 Å². The van der Waals surface area contributed by atoms with Crippen LogP contribution in [0.25, 0.3) is 64.7 Å². The molecule has 11 aromatic rings. The van der Waals surface area contributed by atoms with Gasteiger partial charge in [-0.2, -0.15) is 0 Å². The van der Waals surface area contributed by atoms with Crippen LogP contribution in [0.15, 0.2) is 188 Å². The molecule has 4 heteroatoms. The molecule has 0 saturated carbocycles. The van der Waals surface area contributed by atoms with Crippen LogP contribution >= 0.6 is 11.3 Å². The summed E-state index contributed by atoms with van der Waals surface area (Å²) in [7, 11) is 0. The summed E-state index contributed by atoms with van der Waals surface area (Å²) in [5.41, 5.74) is 20.2. The van der Waals surface area contributed by atoms with Crippen molar-refractivity contribution < 1.29 is 0 Å². The van der Waals surface area contributed by atoms with E-state index in [4.69, 9.17) is 0 Å². The van der Waals surface area contributed by atoms with E-state index >= 15 is 0 Å². The molecule has 0 saturated heterocycles. The number of anilines is 6. The zero-order valence-electron chi connectivity index (χ0n) is 42.9. The van der Waals surface area contributed by atoms with Crippen molar-refractivity contribution in [2.75, 3.05) is 9.80 Å². The standard InChI is InChI=1S/C68H59BN2S/c1-41(2)43-26-31-48(32-27-43)70-60-24-17-25-61-64(60)69(66-65(70)57-39-47(68(7,8)9)30-35-63(57)72-66)58-36-42(3)54(44-18-11-10-12-19-44)40-62(58)71(61)59-34-29-46(67(4,5)6)38-55(59)45-28-33-53-51-22-14-13-20-49(51)50-21-15-16-23-52(50)56(53)37-45/h10-41H,1-9H3. The van der Waals surface area contributed by atoms with Crippen molar-refractivity contribution in [3.05, 3.63) is 210 Å². The molecule has 0 unspecified atom stereocenters. The molecule has 3 heterocycles. The lowest BCUT2D eigenvalue weighted by molar-refractivity contribution is 0.590. The molecule has 2 aliphatic rings. The van der Waals surface area contributed by atoms with Crippen molar-refractivity contribution >= 4 is 110 Å². The van der Waals surface area contributed by atoms with Crippen LogP contribution in [0.3, 0.4) is 0 Å². The number of nitrogens with zero attached hydrogens (tertiary/aromatic N) is 2. The van der Waals surface area contributed by atoms with Crippen LogP contribution in [0.1, 0.15) is 83.6 Å². The van der Waals surface area contributed by atoms with E-state index < -0.39 is 0 Å². The summed E-state index contributed by atoms with van der Waals surface area (Å²) in [6.07, 6.45) is 0. The smallest absolute Gasteiger partial charge is 0.264 e. The average molecular weight is 947 g/mol. The Labute approximate surface area is 429 Å². The molecule has 2 nitrogen and oxygen atoms in total. The van der Waals surface area contributed by atoms with Crippen LogP contribution in [-0.2, 0) is 10.8 Å². The predicted octanol–water partition coefficient (Wildman–Crippen LogP) is 17.8. The minimum Gasteiger partial charge on any atom is -0.311 e. The van der Waals surface area contributed by atoms with Gasteiger partial charge in [-0.3, -0.25) is 0 Å². The second kappa shape index (κ2) is 16.3. The topological polar surface area (TPSA) is 6.48 Å². The van der Waals surface area contributed by atoms with Crippen molar-refractivity contribution in [1.82, 2.24) is 0 Å². The highest BCUT2D eigenvalue weighted by Gasteiger charge is 2.46. The van der Waals surface area contributed by atoms with Crippen LogP contribution in [0.5, 0.6) is 0 Å². The fourth-order valence-corrected chi connectivity index (χ4v) is 13.3. The third-order valence-electron chi connectivity index (χ3n) is 15.9. The average Bonchev–Trinajstić information content (AvgIpc) is 3.77. The lowest BCUT2D eigenvalue weighted by Gasteiger charge is -2.44. The Balaban J connectivity index is 1.13. The summed E-state index contributed by atoms with van der Waals surface area (Å²) in [6, 6.07) is 72.2. The van der Waals surface area contributed by atoms with Crippen molar-refractivity contribution in [1.29, 1.82) is 0 Å². The monoisotopic (exact) mass is 946 g/mol. The maximum absolute atomic E-state index is 2.64. The molecule has 0 radical (unpaired) electrons. The summed E-state index contributed by atoms with van der Waals surface area (Å²) in [5, 5.41) is 9.03. The van der Waals surface area contributed by atoms with E-state index in [0.717, 1.165) is 0 Å². The zero-order chi connectivity index (χ0) is 49.4. The molecule has 350 valence electrons. The minimum absolute atomic E-state index is 0.00155. The van der Waals surface area contributed by atoms with Crippen LogP contribution in [0, 0.1) is 6.92 Å². The maximum Gasteiger partial charge on any atom is 0.264 e. The van der Waals surface area contributed by atoms with Crippen molar-refractivity contribution in [3.63, 3.8) is 0 Å². The van der Waals surface area contributed by atoms with Gasteiger partial charge in [-0.05, 0) is 167 Å². The van der Waals surface area contributed by atoms with Crippen molar-refractivity contribution in [2.24, 2.45) is 0 Å². The van der Waals surface area contributed by atoms with Crippen LogP contribution in [0.2, 0.25) is 0 Å². The molecule has 0 N–H and O–H groups in total. The molecule has 2 aliphatic heterocycles. The first-order valence-electron chi connectivity index (χ1n) is 25.8. The number of hydrogen-bond donors (Lipinski definition) is 0. The van der Waals surface area contributed by atoms with E-state index in [9.17, 15) is 0 Å². The van der Waals surface area contributed by atoms with Gasteiger partial charge in [-0.15, -0.1) is 11.3 Å². The van der Waals surface area contributed by atoms with Crippen molar-refractivity contribution in [3.8, 4) is 22.3 Å². The molecular weight excluding hydrogens is 888 g/mol. The second-order valence-corrected chi connectivity index (χ2v) is 23.8. The van der Waals surface area contributed by atoms with Gasteiger partial charge in [0, 0.05) is 43.2 Å². The van der Waals surface area contributed by atoms with Gasteiger partial charge in [0.15, 0.2) is 0 Å². The Hall–Kier alpha value is -7.40. The Morgan fingerprint density at radius 3 is 1.69 bits per heavy atom. The van der Waals surface area contributed by atoms with E-state index in [1.807, 2.05) is 11.3 Å². The molecule has 0 fully saturated rings. The summed E-state index contributed by atoms with van der Waals surface area (Å²) in [5.74, 6) is 0.440.